The Hall–Kier alpha value is -2.88. The first kappa shape index (κ1) is 34.0. The summed E-state index contributed by atoms with van der Waals surface area (Å²) in [5.74, 6) is -1.23. The van der Waals surface area contributed by atoms with Crippen molar-refractivity contribution in [2.75, 3.05) is 63.4 Å². The number of amides is 4. The predicted octanol–water partition coefficient (Wildman–Crippen LogP) is 4.60. The van der Waals surface area contributed by atoms with Crippen molar-refractivity contribution < 1.29 is 27.6 Å². The zero-order chi connectivity index (χ0) is 33.3. The quantitative estimate of drug-likeness (QED) is 0.358. The number of nitrogens with zero attached hydrogens (tertiary/aromatic N) is 4. The number of urea groups is 1. The van der Waals surface area contributed by atoms with Crippen LogP contribution in [0.25, 0.3) is 0 Å². The maximum Gasteiger partial charge on any atom is 0.418 e. The largest absolute Gasteiger partial charge is 0.418 e. The molecule has 1 aromatic carbocycles. The summed E-state index contributed by atoms with van der Waals surface area (Å²) in [6.07, 6.45) is -1.92. The van der Waals surface area contributed by atoms with Crippen LogP contribution in [0.15, 0.2) is 28.1 Å². The minimum atomic E-state index is -4.66. The molecule has 47 heavy (non-hydrogen) atoms. The molecule has 2 aromatic rings. The first-order valence-electron chi connectivity index (χ1n) is 16.3. The number of nitrogen functional groups attached to an aromatic ring is 1. The van der Waals surface area contributed by atoms with Crippen molar-refractivity contribution in [1.82, 2.24) is 24.9 Å². The molecule has 3 fully saturated rings. The van der Waals surface area contributed by atoms with Crippen LogP contribution in [0.3, 0.4) is 0 Å². The number of likely N-dealkylation sites (tertiary alicyclic amines) is 2. The van der Waals surface area contributed by atoms with E-state index in [4.69, 9.17) is 5.73 Å². The van der Waals surface area contributed by atoms with Crippen LogP contribution in [-0.4, -0.2) is 102 Å². The molecule has 4 aliphatic rings. The number of carbonyl (C=O) groups is 3. The molecule has 15 heteroatoms. The van der Waals surface area contributed by atoms with E-state index in [0.29, 0.717) is 57.2 Å². The Morgan fingerprint density at radius 3 is 2.34 bits per heavy atom. The fourth-order valence-electron chi connectivity index (χ4n) is 7.36. The highest BCUT2D eigenvalue weighted by Gasteiger charge is 2.38. The maximum absolute atomic E-state index is 14.0. The molecule has 4 amide bonds. The van der Waals surface area contributed by atoms with Crippen molar-refractivity contribution in [3.63, 3.8) is 0 Å². The van der Waals surface area contributed by atoms with Gasteiger partial charge in [-0.3, -0.25) is 14.5 Å². The average Bonchev–Trinajstić information content (AvgIpc) is 3.52. The normalized spacial score (nSPS) is 21.0. The van der Waals surface area contributed by atoms with E-state index in [-0.39, 0.29) is 41.2 Å². The molecule has 0 saturated carbocycles. The lowest BCUT2D eigenvalue weighted by Crippen LogP contribution is -2.53. The number of thiophene rings is 1. The Bertz CT molecular complexity index is 1470. The summed E-state index contributed by atoms with van der Waals surface area (Å²) in [4.78, 5) is 49.4. The molecule has 0 spiro atoms. The minimum Gasteiger partial charge on any atom is -0.397 e. The Kier molecular flexibility index (Phi) is 10.4. The van der Waals surface area contributed by atoms with Crippen molar-refractivity contribution in [2.45, 2.75) is 63.3 Å². The van der Waals surface area contributed by atoms with Gasteiger partial charge in [0.15, 0.2) is 0 Å². The SMILES string of the molecule is Nc1c(Br)cc(C[C@@H](CC(=O)N2CCC(N3Cc4sccc4NC3=O)CC2)C(=O)N2CCC(N3CCNCC3)CC2)cc1C(F)(F)F. The Morgan fingerprint density at radius 2 is 1.66 bits per heavy atom. The van der Waals surface area contributed by atoms with Crippen molar-refractivity contribution in [2.24, 2.45) is 5.92 Å². The molecular formula is C32H41BrF3N7O3S. The first-order chi connectivity index (χ1) is 22.5. The fraction of sp³-hybridized carbons (Fsp3) is 0.594. The molecule has 1 atom stereocenters. The molecule has 256 valence electrons. The van der Waals surface area contributed by atoms with Crippen LogP contribution in [0.1, 0.15) is 48.1 Å². The number of nitrogens with one attached hydrogen (secondary N) is 2. The zero-order valence-electron chi connectivity index (χ0n) is 26.2. The lowest BCUT2D eigenvalue weighted by atomic mass is 9.91. The molecule has 4 aliphatic heterocycles. The minimum absolute atomic E-state index is 0.0161. The van der Waals surface area contributed by atoms with E-state index < -0.39 is 23.3 Å². The number of rotatable bonds is 7. The van der Waals surface area contributed by atoms with Crippen molar-refractivity contribution in [3.05, 3.63) is 44.1 Å². The van der Waals surface area contributed by atoms with E-state index in [1.54, 1.807) is 21.1 Å². The molecule has 0 bridgehead atoms. The van der Waals surface area contributed by atoms with Crippen LogP contribution in [-0.2, 0) is 28.7 Å². The summed E-state index contributed by atoms with van der Waals surface area (Å²) in [5.41, 5.74) is 5.53. The summed E-state index contributed by atoms with van der Waals surface area (Å²) >= 11 is 4.76. The van der Waals surface area contributed by atoms with E-state index in [9.17, 15) is 27.6 Å². The number of benzene rings is 1. The number of hydrogen-bond acceptors (Lipinski definition) is 7. The molecule has 4 N–H and O–H groups in total. The molecule has 6 rings (SSSR count). The van der Waals surface area contributed by atoms with Crippen molar-refractivity contribution in [3.8, 4) is 0 Å². The molecule has 0 unspecified atom stereocenters. The number of nitrogens with two attached hydrogens (primary N) is 1. The van der Waals surface area contributed by atoms with Crippen LogP contribution >= 0.6 is 27.3 Å². The highest BCUT2D eigenvalue weighted by atomic mass is 79.9. The Morgan fingerprint density at radius 1 is 1.00 bits per heavy atom. The van der Waals surface area contributed by atoms with Crippen molar-refractivity contribution >= 4 is 56.5 Å². The summed E-state index contributed by atoms with van der Waals surface area (Å²) < 4.78 is 41.5. The topological polar surface area (TPSA) is 114 Å². The van der Waals surface area contributed by atoms with Gasteiger partial charge >= 0.3 is 12.2 Å². The first-order valence-corrected chi connectivity index (χ1v) is 18.0. The molecule has 0 radical (unpaired) electrons. The summed E-state index contributed by atoms with van der Waals surface area (Å²) in [6.45, 7) is 6.34. The fourth-order valence-corrected chi connectivity index (χ4v) is 8.70. The number of piperazine rings is 1. The number of fused-ring (bicyclic) bond motifs is 1. The molecule has 1 aromatic heterocycles. The van der Waals surface area contributed by atoms with E-state index >= 15 is 0 Å². The summed E-state index contributed by atoms with van der Waals surface area (Å²) in [5, 5.41) is 8.26. The second-order valence-corrected chi connectivity index (χ2v) is 14.8. The molecule has 3 saturated heterocycles. The van der Waals surface area contributed by atoms with Crippen LogP contribution in [0.4, 0.5) is 29.3 Å². The van der Waals surface area contributed by atoms with Gasteiger partial charge in [0.1, 0.15) is 0 Å². The van der Waals surface area contributed by atoms with Crippen molar-refractivity contribution in [1.29, 1.82) is 0 Å². The lowest BCUT2D eigenvalue weighted by Gasteiger charge is -2.41. The highest BCUT2D eigenvalue weighted by Crippen LogP contribution is 2.39. The predicted molar refractivity (Wildman–Crippen MR) is 178 cm³/mol. The molecular weight excluding hydrogens is 699 g/mol. The smallest absolute Gasteiger partial charge is 0.397 e. The van der Waals surface area contributed by atoms with E-state index in [1.165, 1.54) is 6.07 Å². The number of piperidine rings is 2. The van der Waals surface area contributed by atoms with Gasteiger partial charge in [0, 0.05) is 80.2 Å². The van der Waals surface area contributed by atoms with Gasteiger partial charge in [-0.15, -0.1) is 11.3 Å². The average molecular weight is 741 g/mol. The number of halogens is 4. The number of alkyl halides is 3. The van der Waals surface area contributed by atoms with Gasteiger partial charge in [-0.2, -0.15) is 13.2 Å². The monoisotopic (exact) mass is 739 g/mol. The van der Waals surface area contributed by atoms with E-state index in [2.05, 4.69) is 31.5 Å². The Balaban J connectivity index is 1.13. The van der Waals surface area contributed by atoms with Gasteiger partial charge in [0.2, 0.25) is 11.8 Å². The van der Waals surface area contributed by atoms with Crippen LogP contribution < -0.4 is 16.4 Å². The van der Waals surface area contributed by atoms with Gasteiger partial charge in [-0.05, 0) is 77.2 Å². The van der Waals surface area contributed by atoms with E-state index in [0.717, 1.165) is 55.7 Å². The third-order valence-electron chi connectivity index (χ3n) is 10.0. The van der Waals surface area contributed by atoms with Gasteiger partial charge < -0.3 is 31.1 Å². The molecule has 5 heterocycles. The maximum atomic E-state index is 14.0. The third kappa shape index (κ3) is 7.73. The lowest BCUT2D eigenvalue weighted by molar-refractivity contribution is -0.143. The van der Waals surface area contributed by atoms with E-state index in [1.807, 2.05) is 16.3 Å². The highest BCUT2D eigenvalue weighted by molar-refractivity contribution is 9.10. The van der Waals surface area contributed by atoms with Crippen LogP contribution in [0.5, 0.6) is 0 Å². The summed E-state index contributed by atoms with van der Waals surface area (Å²) in [7, 11) is 0. The number of carbonyl (C=O) groups excluding carboxylic acids is 3. The van der Waals surface area contributed by atoms with Gasteiger partial charge in [-0.25, -0.2) is 4.79 Å². The number of anilines is 2. The Labute approximate surface area is 284 Å². The van der Waals surface area contributed by atoms with Crippen LogP contribution in [0.2, 0.25) is 0 Å². The van der Waals surface area contributed by atoms with Gasteiger partial charge in [-0.1, -0.05) is 0 Å². The third-order valence-corrected chi connectivity index (χ3v) is 11.6. The van der Waals surface area contributed by atoms with Gasteiger partial charge in [0.25, 0.3) is 0 Å². The van der Waals surface area contributed by atoms with Gasteiger partial charge in [0.05, 0.1) is 29.4 Å². The molecule has 0 aliphatic carbocycles. The second-order valence-electron chi connectivity index (χ2n) is 12.9. The standard InChI is InChI=1S/C32H41BrF3N7O3S/c33-25-17-20(16-24(29(25)37)32(34,35)36)15-21(30(45)42-10-1-22(2-11-42)40-12-6-38-7-13-40)18-28(44)41-8-3-23(4-9-41)43-19-27-26(5-14-47-27)39-31(43)46/h5,14,16-17,21-23,38H,1-4,6-13,15,18-19,37H2,(H,39,46)/t21-/m0/s1. The zero-order valence-corrected chi connectivity index (χ0v) is 28.6. The second kappa shape index (κ2) is 14.3. The molecule has 10 nitrogen and oxygen atoms in total. The number of hydrogen-bond donors (Lipinski definition) is 3. The van der Waals surface area contributed by atoms with Crippen LogP contribution in [0, 0.1) is 5.92 Å². The summed E-state index contributed by atoms with van der Waals surface area (Å²) in [6, 6.07) is 4.64.